The molecule has 2 fully saturated rings. The molecule has 1 atom stereocenters. The van der Waals surface area contributed by atoms with Gasteiger partial charge < -0.3 is 29.7 Å². The van der Waals surface area contributed by atoms with Crippen molar-refractivity contribution in [2.45, 2.75) is 32.2 Å². The maximum Gasteiger partial charge on any atom is 0.573 e. The van der Waals surface area contributed by atoms with Gasteiger partial charge in [-0.2, -0.15) is 0 Å². The number of carbonyl (C=O) groups excluding carboxylic acids is 5. The first-order chi connectivity index (χ1) is 25.9. The van der Waals surface area contributed by atoms with E-state index in [2.05, 4.69) is 25.1 Å². The molecule has 2 saturated heterocycles. The van der Waals surface area contributed by atoms with Crippen LogP contribution < -0.4 is 34.6 Å². The molecule has 0 saturated carbocycles. The largest absolute Gasteiger partial charge is 0.573 e. The molecule has 0 aliphatic carbocycles. The van der Waals surface area contributed by atoms with E-state index in [-0.39, 0.29) is 24.5 Å². The van der Waals surface area contributed by atoms with Gasteiger partial charge in [0, 0.05) is 11.8 Å². The first-order valence-corrected chi connectivity index (χ1v) is 15.8. The Morgan fingerprint density at radius 3 is 1.82 bits per heavy atom. The van der Waals surface area contributed by atoms with E-state index in [1.54, 1.807) is 30.3 Å². The van der Waals surface area contributed by atoms with E-state index in [1.165, 1.54) is 55.6 Å². The summed E-state index contributed by atoms with van der Waals surface area (Å²) in [5.41, 5.74) is 1.54. The van der Waals surface area contributed by atoms with Gasteiger partial charge in [0.1, 0.15) is 23.3 Å². The Bertz CT molecular complexity index is 2050. The van der Waals surface area contributed by atoms with Gasteiger partial charge in [-0.3, -0.25) is 19.4 Å². The molecule has 6 rings (SSSR count). The van der Waals surface area contributed by atoms with Crippen LogP contribution in [-0.4, -0.2) is 72.1 Å². The van der Waals surface area contributed by atoms with Crippen molar-refractivity contribution in [3.8, 4) is 17.2 Å². The topological polar surface area (TPSA) is 160 Å². The third kappa shape index (κ3) is 9.77. The number of halogens is 6. The summed E-state index contributed by atoms with van der Waals surface area (Å²) in [6.07, 6.45) is -6.72. The first-order valence-electron chi connectivity index (χ1n) is 15.8. The summed E-state index contributed by atoms with van der Waals surface area (Å²) in [5, 5.41) is 5.06. The van der Waals surface area contributed by atoms with Gasteiger partial charge in [-0.15, -0.1) is 26.3 Å². The molecule has 1 aromatic heterocycles. The number of pyridine rings is 1. The molecule has 4 aromatic rings. The van der Waals surface area contributed by atoms with E-state index in [4.69, 9.17) is 4.74 Å². The van der Waals surface area contributed by atoms with Crippen molar-refractivity contribution in [2.75, 3.05) is 28.8 Å². The van der Waals surface area contributed by atoms with Crippen LogP contribution in [0.3, 0.4) is 0 Å². The van der Waals surface area contributed by atoms with Crippen LogP contribution >= 0.6 is 0 Å². The molecule has 55 heavy (non-hydrogen) atoms. The predicted molar refractivity (Wildman–Crippen MR) is 180 cm³/mol. The van der Waals surface area contributed by atoms with E-state index in [9.17, 15) is 50.3 Å². The van der Waals surface area contributed by atoms with E-state index < -0.39 is 60.0 Å². The van der Waals surface area contributed by atoms with Crippen LogP contribution in [0.25, 0.3) is 0 Å². The summed E-state index contributed by atoms with van der Waals surface area (Å²) in [4.78, 5) is 68.5. The lowest BCUT2D eigenvalue weighted by atomic mass is 10.1. The minimum Gasteiger partial charge on any atom is -0.497 e. The summed E-state index contributed by atoms with van der Waals surface area (Å²) in [6.45, 7) is 1.38. The Balaban J connectivity index is 0.000000269. The second kappa shape index (κ2) is 16.0. The molecular weight excluding hydrogens is 746 g/mol. The number of nitrogens with zero attached hydrogens (tertiary/aromatic N) is 4. The quantitative estimate of drug-likeness (QED) is 0.148. The molecular formula is C35H28F6N6O8. The molecule has 2 aliphatic rings. The first kappa shape index (κ1) is 39.3. The average Bonchev–Trinajstić information content (AvgIpc) is 3.57. The lowest BCUT2D eigenvalue weighted by molar-refractivity contribution is -0.275. The smallest absolute Gasteiger partial charge is 0.497 e. The summed E-state index contributed by atoms with van der Waals surface area (Å²) in [7, 11) is 1.51. The predicted octanol–water partition coefficient (Wildman–Crippen LogP) is 6.24. The maximum absolute atomic E-state index is 13.2. The number of carbonyl (C=O) groups is 5. The van der Waals surface area contributed by atoms with Crippen molar-refractivity contribution < 1.29 is 64.5 Å². The summed E-state index contributed by atoms with van der Waals surface area (Å²) in [6, 6.07) is 14.8. The Hall–Kier alpha value is -6.86. The maximum atomic E-state index is 13.2. The highest BCUT2D eigenvalue weighted by molar-refractivity contribution is 6.21. The molecule has 3 aromatic carbocycles. The van der Waals surface area contributed by atoms with Crippen molar-refractivity contribution in [3.05, 3.63) is 102 Å². The molecule has 0 spiro atoms. The number of benzene rings is 3. The number of alkyl halides is 6. The Morgan fingerprint density at radius 1 is 0.800 bits per heavy atom. The Morgan fingerprint density at radius 2 is 1.33 bits per heavy atom. The van der Waals surface area contributed by atoms with Crippen LogP contribution in [-0.2, 0) is 16.1 Å². The number of methoxy groups -OCH3 is 1. The zero-order valence-corrected chi connectivity index (χ0v) is 28.5. The molecule has 2 aliphatic heterocycles. The molecule has 0 bridgehead atoms. The Kier molecular flexibility index (Phi) is 11.5. The fourth-order valence-corrected chi connectivity index (χ4v) is 5.22. The number of aromatic nitrogens is 1. The lowest BCUT2D eigenvalue weighted by Crippen LogP contribution is -2.33. The van der Waals surface area contributed by atoms with Gasteiger partial charge in [-0.25, -0.2) is 19.4 Å². The highest BCUT2D eigenvalue weighted by Gasteiger charge is 2.43. The van der Waals surface area contributed by atoms with Crippen molar-refractivity contribution in [1.82, 2.24) is 15.2 Å². The van der Waals surface area contributed by atoms with Gasteiger partial charge in [-0.1, -0.05) is 0 Å². The molecule has 3 heterocycles. The van der Waals surface area contributed by atoms with Gasteiger partial charge in [0.15, 0.2) is 0 Å². The summed E-state index contributed by atoms with van der Waals surface area (Å²) < 4.78 is 85.6. The summed E-state index contributed by atoms with van der Waals surface area (Å²) in [5.74, 6) is -1.72. The molecule has 0 radical (unpaired) electrons. The van der Waals surface area contributed by atoms with E-state index in [0.717, 1.165) is 34.1 Å². The van der Waals surface area contributed by atoms with Gasteiger partial charge in [0.05, 0.1) is 43.5 Å². The number of hydrogen-bond acceptors (Lipinski definition) is 9. The monoisotopic (exact) mass is 774 g/mol. The number of urea groups is 2. The standard InChI is InChI=1S/C25H21F3N4O5.C10H7F3N2O3/c1-15-23(34)32(18-5-9-20(10-6-18)37-25(26,27)28)24(35)31(15)14-17-11-12-29-13-21(17)30-22(33)16-3-7-19(36-2)8-4-16;11-10(12,13)18-7-3-1-6(2-4-7)15-8(16)5-14-9(15)17/h3-13,15H,14H2,1-2H3,(H,30,33);1-4H,5H2,(H,14,17). The van der Waals surface area contributed by atoms with Crippen molar-refractivity contribution in [2.24, 2.45) is 0 Å². The summed E-state index contributed by atoms with van der Waals surface area (Å²) >= 11 is 0. The van der Waals surface area contributed by atoms with Crippen LogP contribution in [0, 0.1) is 0 Å². The highest BCUT2D eigenvalue weighted by atomic mass is 19.4. The minimum absolute atomic E-state index is 0.0295. The van der Waals surface area contributed by atoms with Crippen molar-refractivity contribution in [1.29, 1.82) is 0 Å². The van der Waals surface area contributed by atoms with Crippen LogP contribution in [0.4, 0.5) is 53.0 Å². The third-order valence-electron chi connectivity index (χ3n) is 7.84. The fraction of sp³-hybridized carbons (Fsp3) is 0.200. The van der Waals surface area contributed by atoms with Gasteiger partial charge in [0.2, 0.25) is 0 Å². The zero-order valence-electron chi connectivity index (χ0n) is 28.5. The fourth-order valence-electron chi connectivity index (χ4n) is 5.22. The molecule has 288 valence electrons. The molecule has 20 heteroatoms. The van der Waals surface area contributed by atoms with Crippen molar-refractivity contribution >= 4 is 46.8 Å². The average molecular weight is 775 g/mol. The van der Waals surface area contributed by atoms with E-state index in [1.807, 2.05) is 0 Å². The van der Waals surface area contributed by atoms with Gasteiger partial charge in [-0.05, 0) is 91.3 Å². The van der Waals surface area contributed by atoms with E-state index in [0.29, 0.717) is 22.6 Å². The number of hydrogen-bond donors (Lipinski definition) is 2. The molecule has 2 N–H and O–H groups in total. The lowest BCUT2D eigenvalue weighted by Gasteiger charge is -2.21. The Labute approximate surface area is 307 Å². The van der Waals surface area contributed by atoms with Crippen LogP contribution in [0.5, 0.6) is 17.2 Å². The number of anilines is 3. The second-order valence-corrected chi connectivity index (χ2v) is 11.4. The highest BCUT2D eigenvalue weighted by Crippen LogP contribution is 2.31. The normalized spacial score (nSPS) is 15.7. The van der Waals surface area contributed by atoms with Crippen LogP contribution in [0.15, 0.2) is 91.3 Å². The molecule has 14 nitrogen and oxygen atoms in total. The zero-order chi connectivity index (χ0) is 40.1. The van der Waals surface area contributed by atoms with E-state index >= 15 is 0 Å². The number of imide groups is 2. The van der Waals surface area contributed by atoms with Crippen LogP contribution in [0.1, 0.15) is 22.8 Å². The number of nitrogens with one attached hydrogen (secondary N) is 2. The number of rotatable bonds is 9. The van der Waals surface area contributed by atoms with Gasteiger partial charge in [0.25, 0.3) is 17.7 Å². The van der Waals surface area contributed by atoms with Crippen LogP contribution in [0.2, 0.25) is 0 Å². The minimum atomic E-state index is -4.86. The van der Waals surface area contributed by atoms with Crippen molar-refractivity contribution in [3.63, 3.8) is 0 Å². The molecule has 7 amide bonds. The number of ether oxygens (including phenoxy) is 3. The third-order valence-corrected chi connectivity index (χ3v) is 7.84. The second-order valence-electron chi connectivity index (χ2n) is 11.4. The van der Waals surface area contributed by atoms with Gasteiger partial charge >= 0.3 is 24.8 Å². The SMILES string of the molecule is COc1ccc(C(=O)Nc2cnccc2CN2C(=O)N(c3ccc(OC(F)(F)F)cc3)C(=O)C2C)cc1.O=C1CNC(=O)N1c1ccc(OC(F)(F)F)cc1. The number of amides is 7. The molecule has 1 unspecified atom stereocenters.